The molecule has 0 bridgehead atoms. The minimum absolute atomic E-state index is 0.647. The highest BCUT2D eigenvalue weighted by molar-refractivity contribution is 7.09. The molecule has 4 heteroatoms. The van der Waals surface area contributed by atoms with Gasteiger partial charge in [-0.05, 0) is 23.3 Å². The standard InChI is InChI=1S/C16H12ClNOS/c17-14-8-6-13(7-9-14)16(19,15-10-18-11-20-15)12-4-2-1-3-5-12/h1-11,19H. The SMILES string of the molecule is OC(c1ccccc1)(c1ccc(Cl)cc1)c1cncs1. The third kappa shape index (κ3) is 2.24. The molecule has 3 aromatic rings. The second kappa shape index (κ2) is 5.37. The average molecular weight is 302 g/mol. The maximum absolute atomic E-state index is 11.3. The Kier molecular flexibility index (Phi) is 3.57. The number of hydrogen-bond acceptors (Lipinski definition) is 3. The van der Waals surface area contributed by atoms with Crippen LogP contribution in [0.5, 0.6) is 0 Å². The van der Waals surface area contributed by atoms with Gasteiger partial charge in [-0.3, -0.25) is 4.98 Å². The van der Waals surface area contributed by atoms with E-state index >= 15 is 0 Å². The van der Waals surface area contributed by atoms with Crippen molar-refractivity contribution in [3.05, 3.63) is 87.3 Å². The number of aliphatic hydroxyl groups is 1. The molecule has 2 nitrogen and oxygen atoms in total. The highest BCUT2D eigenvalue weighted by Crippen LogP contribution is 2.38. The lowest BCUT2D eigenvalue weighted by Gasteiger charge is -2.28. The van der Waals surface area contributed by atoms with Crippen molar-refractivity contribution >= 4 is 22.9 Å². The van der Waals surface area contributed by atoms with Crippen molar-refractivity contribution in [1.82, 2.24) is 4.98 Å². The molecule has 0 radical (unpaired) electrons. The van der Waals surface area contributed by atoms with Crippen molar-refractivity contribution in [2.75, 3.05) is 0 Å². The summed E-state index contributed by atoms with van der Waals surface area (Å²) < 4.78 is 0. The van der Waals surface area contributed by atoms with Crippen LogP contribution in [0.1, 0.15) is 16.0 Å². The fraction of sp³-hybridized carbons (Fsp3) is 0.0625. The molecular weight excluding hydrogens is 290 g/mol. The van der Waals surface area contributed by atoms with Gasteiger partial charge in [0, 0.05) is 11.2 Å². The van der Waals surface area contributed by atoms with Crippen LogP contribution in [0.25, 0.3) is 0 Å². The summed E-state index contributed by atoms with van der Waals surface area (Å²) in [6, 6.07) is 16.8. The zero-order valence-corrected chi connectivity index (χ0v) is 12.1. The predicted molar refractivity (Wildman–Crippen MR) is 82.1 cm³/mol. The first kappa shape index (κ1) is 13.3. The Bertz CT molecular complexity index is 682. The van der Waals surface area contributed by atoms with Crippen molar-refractivity contribution in [3.63, 3.8) is 0 Å². The molecular formula is C16H12ClNOS. The van der Waals surface area contributed by atoms with Crippen LogP contribution >= 0.6 is 22.9 Å². The largest absolute Gasteiger partial charge is 0.375 e. The van der Waals surface area contributed by atoms with Gasteiger partial charge in [0.25, 0.3) is 0 Å². The van der Waals surface area contributed by atoms with E-state index in [4.69, 9.17) is 11.6 Å². The maximum Gasteiger partial charge on any atom is 0.151 e. The Hall–Kier alpha value is -1.68. The molecule has 0 saturated carbocycles. The number of halogens is 1. The molecule has 3 rings (SSSR count). The number of benzene rings is 2. The predicted octanol–water partition coefficient (Wildman–Crippen LogP) is 4.08. The number of hydrogen-bond donors (Lipinski definition) is 1. The summed E-state index contributed by atoms with van der Waals surface area (Å²) in [6.07, 6.45) is 1.70. The van der Waals surface area contributed by atoms with Gasteiger partial charge in [-0.15, -0.1) is 11.3 Å². The summed E-state index contributed by atoms with van der Waals surface area (Å²) in [4.78, 5) is 4.87. The topological polar surface area (TPSA) is 33.1 Å². The smallest absolute Gasteiger partial charge is 0.151 e. The number of rotatable bonds is 3. The zero-order chi connectivity index (χ0) is 14.0. The average Bonchev–Trinajstić information content (AvgIpc) is 3.03. The Labute approximate surface area is 126 Å². The fourth-order valence-corrected chi connectivity index (χ4v) is 3.11. The van der Waals surface area contributed by atoms with Crippen molar-refractivity contribution in [2.24, 2.45) is 0 Å². The second-order valence-electron chi connectivity index (χ2n) is 4.45. The van der Waals surface area contributed by atoms with Crippen LogP contribution < -0.4 is 0 Å². The first-order chi connectivity index (χ1) is 9.71. The monoisotopic (exact) mass is 301 g/mol. The van der Waals surface area contributed by atoms with Gasteiger partial charge in [0.15, 0.2) is 5.60 Å². The first-order valence-electron chi connectivity index (χ1n) is 6.14. The lowest BCUT2D eigenvalue weighted by molar-refractivity contribution is 0.129. The Balaban J connectivity index is 2.21. The van der Waals surface area contributed by atoms with Gasteiger partial charge in [-0.2, -0.15) is 0 Å². The molecule has 0 fully saturated rings. The maximum atomic E-state index is 11.3. The summed E-state index contributed by atoms with van der Waals surface area (Å²) in [6.45, 7) is 0. The van der Waals surface area contributed by atoms with E-state index in [1.165, 1.54) is 11.3 Å². The molecule has 0 aliphatic carbocycles. The Morgan fingerprint density at radius 1 is 0.950 bits per heavy atom. The van der Waals surface area contributed by atoms with Crippen LogP contribution in [0, 0.1) is 0 Å². The third-order valence-electron chi connectivity index (χ3n) is 3.24. The normalized spacial score (nSPS) is 13.9. The molecule has 1 heterocycles. The Morgan fingerprint density at radius 2 is 1.60 bits per heavy atom. The molecule has 100 valence electrons. The molecule has 0 spiro atoms. The van der Waals surface area contributed by atoms with E-state index in [2.05, 4.69) is 4.98 Å². The molecule has 0 aliphatic heterocycles. The van der Waals surface area contributed by atoms with Crippen LogP contribution in [0.15, 0.2) is 66.3 Å². The van der Waals surface area contributed by atoms with Crippen molar-refractivity contribution in [1.29, 1.82) is 0 Å². The molecule has 1 atom stereocenters. The van der Waals surface area contributed by atoms with E-state index < -0.39 is 5.60 Å². The molecule has 0 aliphatic rings. The first-order valence-corrected chi connectivity index (χ1v) is 7.40. The number of aromatic nitrogens is 1. The molecule has 1 N–H and O–H groups in total. The lowest BCUT2D eigenvalue weighted by atomic mass is 9.85. The molecule has 1 aromatic heterocycles. The van der Waals surface area contributed by atoms with Gasteiger partial charge in [-0.1, -0.05) is 54.1 Å². The van der Waals surface area contributed by atoms with E-state index in [-0.39, 0.29) is 0 Å². The number of nitrogens with zero attached hydrogens (tertiary/aromatic N) is 1. The van der Waals surface area contributed by atoms with E-state index in [0.29, 0.717) is 5.02 Å². The van der Waals surface area contributed by atoms with Gasteiger partial charge in [0.2, 0.25) is 0 Å². The quantitative estimate of drug-likeness (QED) is 0.790. The van der Waals surface area contributed by atoms with Gasteiger partial charge in [-0.25, -0.2) is 0 Å². The van der Waals surface area contributed by atoms with Gasteiger partial charge in [0.1, 0.15) is 0 Å². The van der Waals surface area contributed by atoms with Crippen LogP contribution in [0.3, 0.4) is 0 Å². The fourth-order valence-electron chi connectivity index (χ4n) is 2.22. The van der Waals surface area contributed by atoms with Crippen LogP contribution in [-0.4, -0.2) is 10.1 Å². The van der Waals surface area contributed by atoms with Gasteiger partial charge in [0.05, 0.1) is 10.4 Å². The minimum atomic E-state index is -1.20. The lowest BCUT2D eigenvalue weighted by Crippen LogP contribution is -2.27. The van der Waals surface area contributed by atoms with Crippen LogP contribution in [0.4, 0.5) is 0 Å². The van der Waals surface area contributed by atoms with Gasteiger partial charge >= 0.3 is 0 Å². The Morgan fingerprint density at radius 3 is 2.20 bits per heavy atom. The van der Waals surface area contributed by atoms with E-state index in [0.717, 1.165) is 16.0 Å². The van der Waals surface area contributed by atoms with E-state index in [9.17, 15) is 5.11 Å². The summed E-state index contributed by atoms with van der Waals surface area (Å²) in [7, 11) is 0. The summed E-state index contributed by atoms with van der Waals surface area (Å²) in [5.41, 5.74) is 2.11. The molecule has 0 amide bonds. The highest BCUT2D eigenvalue weighted by Gasteiger charge is 2.35. The van der Waals surface area contributed by atoms with E-state index in [1.807, 2.05) is 42.5 Å². The second-order valence-corrected chi connectivity index (χ2v) is 5.77. The van der Waals surface area contributed by atoms with E-state index in [1.54, 1.807) is 23.8 Å². The molecule has 20 heavy (non-hydrogen) atoms. The van der Waals surface area contributed by atoms with Crippen LogP contribution in [-0.2, 0) is 5.60 Å². The van der Waals surface area contributed by atoms with Crippen molar-refractivity contribution in [2.45, 2.75) is 5.60 Å². The van der Waals surface area contributed by atoms with Crippen molar-refractivity contribution in [3.8, 4) is 0 Å². The number of thiazole rings is 1. The summed E-state index contributed by atoms with van der Waals surface area (Å²) in [5.74, 6) is 0. The molecule has 2 aromatic carbocycles. The van der Waals surface area contributed by atoms with Crippen LogP contribution in [0.2, 0.25) is 5.02 Å². The molecule has 1 unspecified atom stereocenters. The highest BCUT2D eigenvalue weighted by atomic mass is 35.5. The zero-order valence-electron chi connectivity index (χ0n) is 10.5. The molecule has 0 saturated heterocycles. The summed E-state index contributed by atoms with van der Waals surface area (Å²) >= 11 is 7.37. The van der Waals surface area contributed by atoms with Crippen molar-refractivity contribution < 1.29 is 5.11 Å². The van der Waals surface area contributed by atoms with Gasteiger partial charge < -0.3 is 5.11 Å². The minimum Gasteiger partial charge on any atom is -0.375 e. The third-order valence-corrected chi connectivity index (χ3v) is 4.38. The summed E-state index contributed by atoms with van der Waals surface area (Å²) in [5, 5.41) is 12.0.